The minimum atomic E-state index is -0.427. The van der Waals surface area contributed by atoms with Gasteiger partial charge in [0.15, 0.2) is 0 Å². The van der Waals surface area contributed by atoms with E-state index in [9.17, 15) is 14.0 Å². The molecule has 0 aromatic heterocycles. The van der Waals surface area contributed by atoms with Crippen LogP contribution in [-0.4, -0.2) is 23.3 Å². The van der Waals surface area contributed by atoms with E-state index < -0.39 is 11.8 Å². The Morgan fingerprint density at radius 3 is 2.16 bits per heavy atom. The molecular weight excluding hydrogens is 407 g/mol. The van der Waals surface area contributed by atoms with Crippen LogP contribution in [0.15, 0.2) is 78.5 Å². The fraction of sp³-hybridized carbons (Fsp3) is 0.154. The number of hydrogen-bond donors (Lipinski definition) is 1. The number of imide groups is 1. The molecule has 0 bridgehead atoms. The minimum Gasteiger partial charge on any atom is -0.494 e. The van der Waals surface area contributed by atoms with Crippen LogP contribution in [0.1, 0.15) is 23.6 Å². The zero-order valence-electron chi connectivity index (χ0n) is 17.9. The summed E-state index contributed by atoms with van der Waals surface area (Å²) < 4.78 is 18.7. The molecule has 0 aliphatic carbocycles. The van der Waals surface area contributed by atoms with Gasteiger partial charge < -0.3 is 10.1 Å². The molecule has 1 N–H and O–H groups in total. The number of nitrogens with zero attached hydrogens (tertiary/aromatic N) is 1. The molecule has 5 nitrogen and oxygen atoms in total. The highest BCUT2D eigenvalue weighted by Crippen LogP contribution is 2.32. The van der Waals surface area contributed by atoms with Crippen LogP contribution in [0.3, 0.4) is 0 Å². The van der Waals surface area contributed by atoms with Crippen molar-refractivity contribution in [3.05, 3.63) is 101 Å². The number of ether oxygens (including phenoxy) is 1. The maximum Gasteiger partial charge on any atom is 0.278 e. The maximum absolute atomic E-state index is 13.3. The van der Waals surface area contributed by atoms with Gasteiger partial charge in [0.2, 0.25) is 0 Å². The van der Waals surface area contributed by atoms with Crippen molar-refractivity contribution in [3.8, 4) is 5.75 Å². The Morgan fingerprint density at radius 1 is 0.875 bits per heavy atom. The van der Waals surface area contributed by atoms with Gasteiger partial charge in [0.05, 0.1) is 18.7 Å². The van der Waals surface area contributed by atoms with Crippen molar-refractivity contribution in [1.29, 1.82) is 0 Å². The van der Waals surface area contributed by atoms with Crippen LogP contribution in [0.5, 0.6) is 5.75 Å². The third kappa shape index (κ3) is 4.39. The standard InChI is InChI=1S/C26H23FN2O3/c1-3-32-22-14-12-21(13-15-22)28-24-23(19-8-4-17(2)5-9-19)25(30)29(26(24)31)16-18-6-10-20(27)11-7-18/h4-15,28H,3,16H2,1-2H3. The zero-order valence-corrected chi connectivity index (χ0v) is 17.9. The summed E-state index contributed by atoms with van der Waals surface area (Å²) in [5.41, 5.74) is 3.56. The summed E-state index contributed by atoms with van der Waals surface area (Å²) in [4.78, 5) is 27.8. The third-order valence-corrected chi connectivity index (χ3v) is 5.20. The molecule has 0 saturated carbocycles. The number of carbonyl (C=O) groups excluding carboxylic acids is 2. The van der Waals surface area contributed by atoms with Crippen LogP contribution in [0.25, 0.3) is 5.57 Å². The molecule has 0 unspecified atom stereocenters. The highest BCUT2D eigenvalue weighted by Gasteiger charge is 2.39. The molecule has 162 valence electrons. The number of benzene rings is 3. The second-order valence-electron chi connectivity index (χ2n) is 7.52. The number of amides is 2. The Balaban J connectivity index is 1.68. The molecule has 0 spiro atoms. The van der Waals surface area contributed by atoms with Crippen molar-refractivity contribution in [1.82, 2.24) is 4.90 Å². The van der Waals surface area contributed by atoms with Gasteiger partial charge in [-0.25, -0.2) is 4.39 Å². The second kappa shape index (κ2) is 9.06. The molecule has 1 aliphatic heterocycles. The first-order chi connectivity index (χ1) is 15.5. The van der Waals surface area contributed by atoms with E-state index in [1.807, 2.05) is 38.1 Å². The predicted octanol–water partition coefficient (Wildman–Crippen LogP) is 4.93. The third-order valence-electron chi connectivity index (χ3n) is 5.20. The fourth-order valence-electron chi connectivity index (χ4n) is 3.54. The fourth-order valence-corrected chi connectivity index (χ4v) is 3.54. The number of rotatable bonds is 7. The van der Waals surface area contributed by atoms with Gasteiger partial charge in [-0.05, 0) is 61.4 Å². The van der Waals surface area contributed by atoms with Crippen LogP contribution in [-0.2, 0) is 16.1 Å². The molecule has 6 heteroatoms. The number of nitrogens with one attached hydrogen (secondary N) is 1. The summed E-state index contributed by atoms with van der Waals surface area (Å²) in [6, 6.07) is 20.4. The molecule has 0 atom stereocenters. The number of carbonyl (C=O) groups is 2. The summed E-state index contributed by atoms with van der Waals surface area (Å²) in [6.45, 7) is 4.48. The average molecular weight is 430 g/mol. The largest absolute Gasteiger partial charge is 0.494 e. The number of hydrogen-bond acceptors (Lipinski definition) is 4. The van der Waals surface area contributed by atoms with Crippen molar-refractivity contribution in [2.75, 3.05) is 11.9 Å². The predicted molar refractivity (Wildman–Crippen MR) is 121 cm³/mol. The zero-order chi connectivity index (χ0) is 22.7. The summed E-state index contributed by atoms with van der Waals surface area (Å²) in [5, 5.41) is 3.13. The minimum absolute atomic E-state index is 0.0573. The lowest BCUT2D eigenvalue weighted by Gasteiger charge is -2.15. The van der Waals surface area contributed by atoms with E-state index in [0.717, 1.165) is 11.3 Å². The molecule has 1 aliphatic rings. The lowest BCUT2D eigenvalue weighted by Crippen LogP contribution is -2.32. The van der Waals surface area contributed by atoms with Crippen LogP contribution < -0.4 is 10.1 Å². The van der Waals surface area contributed by atoms with Crippen LogP contribution in [0.4, 0.5) is 10.1 Å². The van der Waals surface area contributed by atoms with E-state index in [0.29, 0.717) is 29.0 Å². The van der Waals surface area contributed by atoms with Gasteiger partial charge in [0.25, 0.3) is 11.8 Å². The topological polar surface area (TPSA) is 58.6 Å². The van der Waals surface area contributed by atoms with E-state index >= 15 is 0 Å². The SMILES string of the molecule is CCOc1ccc(NC2=C(c3ccc(C)cc3)C(=O)N(Cc3ccc(F)cc3)C2=O)cc1. The first-order valence-electron chi connectivity index (χ1n) is 10.4. The summed E-state index contributed by atoms with van der Waals surface area (Å²) >= 11 is 0. The van der Waals surface area contributed by atoms with E-state index in [4.69, 9.17) is 4.74 Å². The van der Waals surface area contributed by atoms with E-state index in [1.165, 1.54) is 17.0 Å². The van der Waals surface area contributed by atoms with Crippen molar-refractivity contribution in [3.63, 3.8) is 0 Å². The van der Waals surface area contributed by atoms with Gasteiger partial charge in [0, 0.05) is 5.69 Å². The van der Waals surface area contributed by atoms with Gasteiger partial charge in [-0.1, -0.05) is 42.0 Å². The molecule has 2 amide bonds. The van der Waals surface area contributed by atoms with E-state index in [2.05, 4.69) is 5.32 Å². The molecule has 32 heavy (non-hydrogen) atoms. The summed E-state index contributed by atoms with van der Waals surface area (Å²) in [7, 11) is 0. The maximum atomic E-state index is 13.3. The molecule has 0 saturated heterocycles. The molecule has 1 heterocycles. The van der Waals surface area contributed by atoms with E-state index in [1.54, 1.807) is 36.4 Å². The van der Waals surface area contributed by atoms with Crippen LogP contribution in [0, 0.1) is 12.7 Å². The van der Waals surface area contributed by atoms with Crippen molar-refractivity contribution in [2.24, 2.45) is 0 Å². The Kier molecular flexibility index (Phi) is 6.03. The molecule has 3 aromatic carbocycles. The summed E-state index contributed by atoms with van der Waals surface area (Å²) in [5.74, 6) is -0.470. The quantitative estimate of drug-likeness (QED) is 0.541. The lowest BCUT2D eigenvalue weighted by molar-refractivity contribution is -0.137. The highest BCUT2D eigenvalue weighted by molar-refractivity contribution is 6.36. The first kappa shape index (κ1) is 21.3. The van der Waals surface area contributed by atoms with E-state index in [-0.39, 0.29) is 18.1 Å². The lowest BCUT2D eigenvalue weighted by atomic mass is 10.0. The average Bonchev–Trinajstić information content (AvgIpc) is 3.01. The Bertz CT molecular complexity index is 1170. The van der Waals surface area contributed by atoms with Crippen molar-refractivity contribution < 1.29 is 18.7 Å². The van der Waals surface area contributed by atoms with Gasteiger partial charge in [-0.15, -0.1) is 0 Å². The molecule has 4 rings (SSSR count). The van der Waals surface area contributed by atoms with Crippen LogP contribution >= 0.6 is 0 Å². The second-order valence-corrected chi connectivity index (χ2v) is 7.52. The monoisotopic (exact) mass is 430 g/mol. The molecule has 0 radical (unpaired) electrons. The van der Waals surface area contributed by atoms with Gasteiger partial charge in [0.1, 0.15) is 17.3 Å². The van der Waals surface area contributed by atoms with Gasteiger partial charge >= 0.3 is 0 Å². The Hall–Kier alpha value is -3.93. The molecular formula is C26H23FN2O3. The van der Waals surface area contributed by atoms with Crippen molar-refractivity contribution in [2.45, 2.75) is 20.4 Å². The molecule has 0 fully saturated rings. The number of anilines is 1. The first-order valence-corrected chi connectivity index (χ1v) is 10.4. The highest BCUT2D eigenvalue weighted by atomic mass is 19.1. The Labute approximate surface area is 186 Å². The van der Waals surface area contributed by atoms with Gasteiger partial charge in [-0.2, -0.15) is 0 Å². The summed E-state index contributed by atoms with van der Waals surface area (Å²) in [6.07, 6.45) is 0. The van der Waals surface area contributed by atoms with Gasteiger partial charge in [-0.3, -0.25) is 14.5 Å². The van der Waals surface area contributed by atoms with Crippen LogP contribution in [0.2, 0.25) is 0 Å². The number of aryl methyl sites for hydroxylation is 1. The smallest absolute Gasteiger partial charge is 0.278 e. The normalized spacial score (nSPS) is 13.7. The number of halogens is 1. The Morgan fingerprint density at radius 2 is 1.53 bits per heavy atom. The van der Waals surface area contributed by atoms with Crippen molar-refractivity contribution >= 4 is 23.1 Å². The molecule has 3 aromatic rings.